The van der Waals surface area contributed by atoms with Crippen molar-refractivity contribution in [1.82, 2.24) is 9.55 Å². The lowest BCUT2D eigenvalue weighted by molar-refractivity contribution is -0.118. The molecule has 0 atom stereocenters. The molecule has 5 heteroatoms. The smallest absolute Gasteiger partial charge is 0.246 e. The molecule has 28 heavy (non-hydrogen) atoms. The summed E-state index contributed by atoms with van der Waals surface area (Å²) in [4.78, 5) is 19.3. The minimum atomic E-state index is -0.0182. The van der Waals surface area contributed by atoms with E-state index in [4.69, 9.17) is 4.74 Å². The highest BCUT2D eigenvalue weighted by Gasteiger charge is 2.17. The van der Waals surface area contributed by atoms with Gasteiger partial charge in [0.1, 0.15) is 24.7 Å². The van der Waals surface area contributed by atoms with Gasteiger partial charge in [0.2, 0.25) is 5.91 Å². The normalized spacial score (nSPS) is 10.8. The Balaban J connectivity index is 1.60. The minimum Gasteiger partial charge on any atom is -0.486 e. The topological polar surface area (TPSA) is 47.4 Å². The fourth-order valence-corrected chi connectivity index (χ4v) is 3.11. The predicted octanol–water partition coefficient (Wildman–Crippen LogP) is 4.28. The number of aromatic nitrogens is 2. The maximum atomic E-state index is 12.9. The van der Waals surface area contributed by atoms with E-state index in [9.17, 15) is 4.79 Å². The van der Waals surface area contributed by atoms with Crippen molar-refractivity contribution < 1.29 is 9.53 Å². The summed E-state index contributed by atoms with van der Waals surface area (Å²) in [5.74, 6) is 1.48. The van der Waals surface area contributed by atoms with E-state index in [1.165, 1.54) is 0 Å². The van der Waals surface area contributed by atoms with Crippen LogP contribution in [0.15, 0.2) is 84.9 Å². The zero-order chi connectivity index (χ0) is 19.3. The molecule has 0 saturated carbocycles. The van der Waals surface area contributed by atoms with E-state index in [1.807, 2.05) is 89.5 Å². The summed E-state index contributed by atoms with van der Waals surface area (Å²) < 4.78 is 7.81. The van der Waals surface area contributed by atoms with E-state index in [1.54, 1.807) is 11.9 Å². The first-order valence-electron chi connectivity index (χ1n) is 9.16. The first kappa shape index (κ1) is 17.8. The number of nitrogens with zero attached hydrogens (tertiary/aromatic N) is 3. The molecule has 0 N–H and O–H groups in total. The van der Waals surface area contributed by atoms with Gasteiger partial charge in [-0.2, -0.15) is 0 Å². The molecule has 4 rings (SSSR count). The molecule has 4 aromatic rings. The van der Waals surface area contributed by atoms with Crippen molar-refractivity contribution in [3.05, 3.63) is 90.8 Å². The van der Waals surface area contributed by atoms with E-state index in [0.29, 0.717) is 6.61 Å². The zero-order valence-electron chi connectivity index (χ0n) is 15.7. The quantitative estimate of drug-likeness (QED) is 0.508. The highest BCUT2D eigenvalue weighted by atomic mass is 16.5. The highest BCUT2D eigenvalue weighted by Crippen LogP contribution is 2.19. The maximum Gasteiger partial charge on any atom is 0.246 e. The molecule has 5 nitrogen and oxygen atoms in total. The van der Waals surface area contributed by atoms with Gasteiger partial charge in [-0.25, -0.2) is 4.98 Å². The highest BCUT2D eigenvalue weighted by molar-refractivity contribution is 5.93. The Bertz CT molecular complexity index is 1070. The number of carbonyl (C=O) groups excluding carboxylic acids is 1. The molecule has 0 spiro atoms. The average molecular weight is 371 g/mol. The van der Waals surface area contributed by atoms with E-state index in [-0.39, 0.29) is 12.5 Å². The van der Waals surface area contributed by atoms with Crippen molar-refractivity contribution in [2.75, 3.05) is 11.9 Å². The fraction of sp³-hybridized carbons (Fsp3) is 0.130. The number of fused-ring (bicyclic) bond motifs is 1. The summed E-state index contributed by atoms with van der Waals surface area (Å²) in [6, 6.07) is 27.0. The molecule has 1 amide bonds. The third kappa shape index (κ3) is 3.74. The number of benzene rings is 3. The first-order chi connectivity index (χ1) is 13.7. The number of rotatable bonds is 6. The monoisotopic (exact) mass is 371 g/mol. The molecule has 1 aromatic heterocycles. The average Bonchev–Trinajstić information content (AvgIpc) is 3.10. The minimum absolute atomic E-state index is 0.0182. The lowest BCUT2D eigenvalue weighted by Crippen LogP contribution is -2.30. The van der Waals surface area contributed by atoms with Crippen molar-refractivity contribution in [3.8, 4) is 5.75 Å². The van der Waals surface area contributed by atoms with Gasteiger partial charge < -0.3 is 14.2 Å². The lowest BCUT2D eigenvalue weighted by atomic mass is 10.3. The van der Waals surface area contributed by atoms with Crippen LogP contribution in [-0.2, 0) is 17.9 Å². The summed E-state index contributed by atoms with van der Waals surface area (Å²) in [6.45, 7) is 0.487. The van der Waals surface area contributed by atoms with Gasteiger partial charge in [-0.1, -0.05) is 48.5 Å². The number of carbonyl (C=O) groups is 1. The Labute approximate surface area is 163 Å². The number of hydrogen-bond donors (Lipinski definition) is 0. The standard InChI is InChI=1S/C23H21N3O2/c1-25(18-10-4-2-5-11-18)23(27)16-26-21-15-9-8-14-20(21)24-22(26)17-28-19-12-6-3-7-13-19/h2-15H,16-17H2,1H3. The molecule has 0 radical (unpaired) electrons. The second-order valence-corrected chi connectivity index (χ2v) is 6.49. The molecule has 140 valence electrons. The Morgan fingerprint density at radius 3 is 2.32 bits per heavy atom. The van der Waals surface area contributed by atoms with Crippen LogP contribution in [-0.4, -0.2) is 22.5 Å². The predicted molar refractivity (Wildman–Crippen MR) is 110 cm³/mol. The number of amides is 1. The van der Waals surface area contributed by atoms with Gasteiger partial charge in [0.15, 0.2) is 0 Å². The van der Waals surface area contributed by atoms with Crippen molar-refractivity contribution in [2.24, 2.45) is 0 Å². The zero-order valence-corrected chi connectivity index (χ0v) is 15.7. The van der Waals surface area contributed by atoms with Gasteiger partial charge in [0.05, 0.1) is 11.0 Å². The van der Waals surface area contributed by atoms with E-state index < -0.39 is 0 Å². The molecule has 0 aliphatic rings. The molecular formula is C23H21N3O2. The summed E-state index contributed by atoms with van der Waals surface area (Å²) in [6.07, 6.45) is 0. The SMILES string of the molecule is CN(C(=O)Cn1c(COc2ccccc2)nc2ccccc21)c1ccccc1. The second-order valence-electron chi connectivity index (χ2n) is 6.49. The van der Waals surface area contributed by atoms with Crippen LogP contribution in [0, 0.1) is 0 Å². The Hall–Kier alpha value is -3.60. The van der Waals surface area contributed by atoms with Gasteiger partial charge in [-0.15, -0.1) is 0 Å². The van der Waals surface area contributed by atoms with E-state index in [2.05, 4.69) is 4.98 Å². The summed E-state index contributed by atoms with van der Waals surface area (Å²) in [7, 11) is 1.79. The molecule has 0 fully saturated rings. The van der Waals surface area contributed by atoms with Crippen LogP contribution in [0.5, 0.6) is 5.75 Å². The summed E-state index contributed by atoms with van der Waals surface area (Å²) >= 11 is 0. The molecule has 1 heterocycles. The molecule has 3 aromatic carbocycles. The van der Waals surface area contributed by atoms with Crippen LogP contribution in [0.25, 0.3) is 11.0 Å². The molecular weight excluding hydrogens is 350 g/mol. The summed E-state index contributed by atoms with van der Waals surface area (Å²) in [5, 5.41) is 0. The number of para-hydroxylation sites is 4. The number of ether oxygens (including phenoxy) is 1. The van der Waals surface area contributed by atoms with Crippen molar-refractivity contribution in [1.29, 1.82) is 0 Å². The van der Waals surface area contributed by atoms with Crippen LogP contribution in [0.1, 0.15) is 5.82 Å². The van der Waals surface area contributed by atoms with Crippen molar-refractivity contribution in [2.45, 2.75) is 13.2 Å². The van der Waals surface area contributed by atoms with Gasteiger partial charge in [0.25, 0.3) is 0 Å². The Kier molecular flexibility index (Phi) is 5.06. The lowest BCUT2D eigenvalue weighted by Gasteiger charge is -2.18. The number of hydrogen-bond acceptors (Lipinski definition) is 3. The molecule has 0 unspecified atom stereocenters. The van der Waals surface area contributed by atoms with Gasteiger partial charge in [0, 0.05) is 12.7 Å². The van der Waals surface area contributed by atoms with Crippen LogP contribution >= 0.6 is 0 Å². The number of imidazole rings is 1. The van der Waals surface area contributed by atoms with E-state index in [0.717, 1.165) is 28.3 Å². The molecule has 0 bridgehead atoms. The second kappa shape index (κ2) is 7.96. The van der Waals surface area contributed by atoms with Gasteiger partial charge >= 0.3 is 0 Å². The maximum absolute atomic E-state index is 12.9. The third-order valence-corrected chi connectivity index (χ3v) is 4.66. The molecule has 0 saturated heterocycles. The first-order valence-corrected chi connectivity index (χ1v) is 9.16. The van der Waals surface area contributed by atoms with Crippen molar-refractivity contribution in [3.63, 3.8) is 0 Å². The Morgan fingerprint density at radius 1 is 0.929 bits per heavy atom. The summed E-state index contributed by atoms with van der Waals surface area (Å²) in [5.41, 5.74) is 2.63. The van der Waals surface area contributed by atoms with Crippen LogP contribution < -0.4 is 9.64 Å². The van der Waals surface area contributed by atoms with Gasteiger partial charge in [-0.3, -0.25) is 4.79 Å². The van der Waals surface area contributed by atoms with Crippen molar-refractivity contribution >= 4 is 22.6 Å². The van der Waals surface area contributed by atoms with Crippen LogP contribution in [0.2, 0.25) is 0 Å². The van der Waals surface area contributed by atoms with Crippen LogP contribution in [0.4, 0.5) is 5.69 Å². The largest absolute Gasteiger partial charge is 0.486 e. The van der Waals surface area contributed by atoms with E-state index >= 15 is 0 Å². The molecule has 0 aliphatic heterocycles. The molecule has 0 aliphatic carbocycles. The number of anilines is 1. The Morgan fingerprint density at radius 2 is 1.57 bits per heavy atom. The van der Waals surface area contributed by atoms with Crippen LogP contribution in [0.3, 0.4) is 0 Å². The van der Waals surface area contributed by atoms with Gasteiger partial charge in [-0.05, 0) is 36.4 Å². The number of likely N-dealkylation sites (N-methyl/N-ethyl adjacent to an activating group) is 1. The third-order valence-electron chi connectivity index (χ3n) is 4.66. The fourth-order valence-electron chi connectivity index (χ4n) is 3.11.